The molecule has 7 heteroatoms. The highest BCUT2D eigenvalue weighted by molar-refractivity contribution is 5.98. The van der Waals surface area contributed by atoms with Crippen molar-refractivity contribution in [3.8, 4) is 0 Å². The predicted octanol–water partition coefficient (Wildman–Crippen LogP) is 4.16. The van der Waals surface area contributed by atoms with Crippen LogP contribution in [-0.2, 0) is 4.79 Å². The summed E-state index contributed by atoms with van der Waals surface area (Å²) in [5.74, 6) is -3.46. The van der Waals surface area contributed by atoms with Gasteiger partial charge in [-0.25, -0.2) is 8.78 Å². The molecule has 0 unspecified atom stereocenters. The lowest BCUT2D eigenvalue weighted by molar-refractivity contribution is -0.145. The van der Waals surface area contributed by atoms with Crippen molar-refractivity contribution < 1.29 is 13.6 Å². The Morgan fingerprint density at radius 1 is 1.32 bits per heavy atom. The summed E-state index contributed by atoms with van der Waals surface area (Å²) in [6.45, 7) is 3.59. The summed E-state index contributed by atoms with van der Waals surface area (Å²) in [4.78, 5) is 20.9. The molecule has 1 aromatic carbocycles. The summed E-state index contributed by atoms with van der Waals surface area (Å²) in [6, 6.07) is 7.83. The van der Waals surface area contributed by atoms with E-state index in [-0.39, 0.29) is 30.7 Å². The van der Waals surface area contributed by atoms with Crippen molar-refractivity contribution in [2.45, 2.75) is 38.0 Å². The van der Waals surface area contributed by atoms with Crippen LogP contribution in [0.4, 0.5) is 8.78 Å². The summed E-state index contributed by atoms with van der Waals surface area (Å²) in [7, 11) is 1.70. The highest BCUT2D eigenvalue weighted by Crippen LogP contribution is 2.38. The Labute approximate surface area is 181 Å². The second-order valence-electron chi connectivity index (χ2n) is 9.31. The molecule has 166 valence electrons. The molecule has 0 saturated carbocycles. The number of halogens is 2. The molecule has 0 spiro atoms. The van der Waals surface area contributed by atoms with Gasteiger partial charge in [0.25, 0.3) is 5.92 Å². The van der Waals surface area contributed by atoms with E-state index in [4.69, 9.17) is 5.41 Å². The van der Waals surface area contributed by atoms with Crippen LogP contribution in [0.15, 0.2) is 30.5 Å². The summed E-state index contributed by atoms with van der Waals surface area (Å²) in [5.41, 5.74) is 2.67. The number of likely N-dealkylation sites (tertiary alicyclic amines) is 2. The minimum absolute atomic E-state index is 0.0880. The SMILES string of the molecule is C[C@@H]1C[C@H](c2ccc(C=N)c3ncccc23)CN(C(=O)C[C@@H]2CCN(C)CC2(F)F)C1. The topological polar surface area (TPSA) is 60.3 Å². The van der Waals surface area contributed by atoms with Crippen LogP contribution in [-0.4, -0.2) is 66.1 Å². The fourth-order valence-electron chi connectivity index (χ4n) is 5.22. The second kappa shape index (κ2) is 8.61. The first kappa shape index (κ1) is 21.8. The first-order valence-corrected chi connectivity index (χ1v) is 11.0. The number of piperidine rings is 2. The predicted molar refractivity (Wildman–Crippen MR) is 118 cm³/mol. The van der Waals surface area contributed by atoms with E-state index in [9.17, 15) is 13.6 Å². The van der Waals surface area contributed by atoms with Gasteiger partial charge in [0.05, 0.1) is 12.1 Å². The van der Waals surface area contributed by atoms with Gasteiger partial charge in [0.15, 0.2) is 0 Å². The third kappa shape index (κ3) is 4.47. The average Bonchev–Trinajstić information content (AvgIpc) is 2.74. The first-order chi connectivity index (χ1) is 14.8. The molecule has 2 aromatic rings. The van der Waals surface area contributed by atoms with Gasteiger partial charge < -0.3 is 15.2 Å². The van der Waals surface area contributed by atoms with Gasteiger partial charge in [-0.2, -0.15) is 0 Å². The molecule has 2 saturated heterocycles. The molecule has 0 aliphatic carbocycles. The second-order valence-corrected chi connectivity index (χ2v) is 9.31. The maximum absolute atomic E-state index is 14.5. The van der Waals surface area contributed by atoms with E-state index in [1.54, 1.807) is 23.0 Å². The lowest BCUT2D eigenvalue weighted by Gasteiger charge is -2.40. The van der Waals surface area contributed by atoms with Gasteiger partial charge in [-0.05, 0) is 44.0 Å². The quantitative estimate of drug-likeness (QED) is 0.744. The zero-order valence-electron chi connectivity index (χ0n) is 18.2. The van der Waals surface area contributed by atoms with Crippen LogP contribution < -0.4 is 0 Å². The summed E-state index contributed by atoms with van der Waals surface area (Å²) < 4.78 is 28.9. The van der Waals surface area contributed by atoms with Crippen LogP contribution in [0.1, 0.15) is 43.2 Å². The number of fused-ring (bicyclic) bond motifs is 1. The number of hydrogen-bond donors (Lipinski definition) is 1. The lowest BCUT2D eigenvalue weighted by Crippen LogP contribution is -2.49. The Hall–Kier alpha value is -2.41. The Kier molecular flexibility index (Phi) is 6.06. The van der Waals surface area contributed by atoms with Gasteiger partial charge >= 0.3 is 0 Å². The molecule has 1 aromatic heterocycles. The third-order valence-electron chi connectivity index (χ3n) is 6.80. The fourth-order valence-corrected chi connectivity index (χ4v) is 5.22. The van der Waals surface area contributed by atoms with E-state index in [2.05, 4.69) is 11.9 Å². The van der Waals surface area contributed by atoms with Crippen molar-refractivity contribution in [1.29, 1.82) is 5.41 Å². The Morgan fingerprint density at radius 3 is 2.87 bits per heavy atom. The fraction of sp³-hybridized carbons (Fsp3) is 0.542. The molecular weight excluding hydrogens is 398 g/mol. The molecule has 1 N–H and O–H groups in total. The van der Waals surface area contributed by atoms with Gasteiger partial charge in [0, 0.05) is 54.7 Å². The number of pyridine rings is 1. The van der Waals surface area contributed by atoms with Gasteiger partial charge in [-0.1, -0.05) is 25.1 Å². The number of nitrogens with one attached hydrogen (secondary N) is 1. The monoisotopic (exact) mass is 428 g/mol. The largest absolute Gasteiger partial charge is 0.342 e. The van der Waals surface area contributed by atoms with Crippen molar-refractivity contribution >= 4 is 23.0 Å². The van der Waals surface area contributed by atoms with Crippen LogP contribution in [0.2, 0.25) is 0 Å². The van der Waals surface area contributed by atoms with Gasteiger partial charge in [0.1, 0.15) is 0 Å². The maximum atomic E-state index is 14.5. The lowest BCUT2D eigenvalue weighted by atomic mass is 9.82. The third-order valence-corrected chi connectivity index (χ3v) is 6.80. The van der Waals surface area contributed by atoms with Gasteiger partial charge in [-0.15, -0.1) is 0 Å². The average molecular weight is 429 g/mol. The van der Waals surface area contributed by atoms with Gasteiger partial charge in [0.2, 0.25) is 5.91 Å². The molecule has 4 rings (SSSR count). The number of rotatable bonds is 4. The molecule has 31 heavy (non-hydrogen) atoms. The normalized spacial score (nSPS) is 26.7. The highest BCUT2D eigenvalue weighted by Gasteiger charge is 2.45. The summed E-state index contributed by atoms with van der Waals surface area (Å²) in [5, 5.41) is 8.64. The molecule has 2 aliphatic rings. The molecule has 3 atom stereocenters. The van der Waals surface area contributed by atoms with Crippen molar-refractivity contribution in [2.75, 3.05) is 33.2 Å². The standard InChI is InChI=1S/C24H30F2N4O/c1-16-10-18(20-6-5-17(12-27)23-21(20)4-3-8-28-23)14-30(13-16)22(31)11-19-7-9-29(2)15-24(19,25)26/h3-6,8,12,16,18-19,27H,7,9-11,13-15H2,1-2H3/t16-,18+,19+/m1/s1. The molecule has 0 radical (unpaired) electrons. The Balaban J connectivity index is 1.55. The number of alkyl halides is 2. The number of hydrogen-bond acceptors (Lipinski definition) is 4. The number of nitrogens with zero attached hydrogens (tertiary/aromatic N) is 3. The Morgan fingerprint density at radius 2 is 2.13 bits per heavy atom. The zero-order valence-corrected chi connectivity index (χ0v) is 18.2. The molecule has 3 heterocycles. The Bertz CT molecular complexity index is 979. The van der Waals surface area contributed by atoms with Crippen molar-refractivity contribution in [3.63, 3.8) is 0 Å². The van der Waals surface area contributed by atoms with Crippen molar-refractivity contribution in [3.05, 3.63) is 41.6 Å². The summed E-state index contributed by atoms with van der Waals surface area (Å²) in [6.07, 6.45) is 4.22. The van der Waals surface area contributed by atoms with E-state index in [1.165, 1.54) is 6.21 Å². The maximum Gasteiger partial charge on any atom is 0.263 e. The summed E-state index contributed by atoms with van der Waals surface area (Å²) >= 11 is 0. The first-order valence-electron chi connectivity index (χ1n) is 11.0. The molecule has 1 amide bonds. The number of amides is 1. The number of benzene rings is 1. The highest BCUT2D eigenvalue weighted by atomic mass is 19.3. The smallest absolute Gasteiger partial charge is 0.263 e. The molecule has 2 aliphatic heterocycles. The minimum Gasteiger partial charge on any atom is -0.342 e. The molecule has 5 nitrogen and oxygen atoms in total. The van der Waals surface area contributed by atoms with E-state index in [0.717, 1.165) is 28.5 Å². The van der Waals surface area contributed by atoms with Crippen LogP contribution in [0.5, 0.6) is 0 Å². The minimum atomic E-state index is -2.83. The van der Waals surface area contributed by atoms with Crippen molar-refractivity contribution in [1.82, 2.24) is 14.8 Å². The van der Waals surface area contributed by atoms with Gasteiger partial charge in [-0.3, -0.25) is 9.78 Å². The van der Waals surface area contributed by atoms with E-state index in [0.29, 0.717) is 26.1 Å². The molecule has 0 bridgehead atoms. The molecule has 2 fully saturated rings. The van der Waals surface area contributed by atoms with Crippen LogP contribution in [0, 0.1) is 17.2 Å². The number of aromatic nitrogens is 1. The van der Waals surface area contributed by atoms with E-state index >= 15 is 0 Å². The van der Waals surface area contributed by atoms with Crippen LogP contribution >= 0.6 is 0 Å². The van der Waals surface area contributed by atoms with E-state index < -0.39 is 11.8 Å². The van der Waals surface area contributed by atoms with E-state index in [1.807, 2.05) is 24.3 Å². The molecular formula is C24H30F2N4O. The zero-order chi connectivity index (χ0) is 22.2. The van der Waals surface area contributed by atoms with Crippen LogP contribution in [0.25, 0.3) is 10.9 Å². The van der Waals surface area contributed by atoms with Crippen molar-refractivity contribution in [2.24, 2.45) is 11.8 Å². The van der Waals surface area contributed by atoms with Crippen LogP contribution in [0.3, 0.4) is 0 Å². The number of carbonyl (C=O) groups is 1. The number of carbonyl (C=O) groups excluding carboxylic acids is 1.